The van der Waals surface area contributed by atoms with E-state index in [2.05, 4.69) is 70.1 Å². The number of carbonyl (C=O) groups is 1. The van der Waals surface area contributed by atoms with Gasteiger partial charge in [-0.05, 0) is 73.9 Å². The van der Waals surface area contributed by atoms with E-state index in [9.17, 15) is 4.79 Å². The molecule has 1 heterocycles. The maximum Gasteiger partial charge on any atom is 0.281 e. The fourth-order valence-corrected chi connectivity index (χ4v) is 4.34. The molecule has 0 N–H and O–H groups in total. The molecule has 1 aliphatic heterocycles. The van der Waals surface area contributed by atoms with Gasteiger partial charge in [-0.2, -0.15) is 10.1 Å². The number of halogens is 1. The third-order valence-corrected chi connectivity index (χ3v) is 6.44. The van der Waals surface area contributed by atoms with Crippen molar-refractivity contribution < 1.29 is 4.79 Å². The van der Waals surface area contributed by atoms with Crippen LogP contribution in [-0.4, -0.2) is 24.7 Å². The fraction of sp³-hybridized carbons (Fsp3) is 0.172. The Kier molecular flexibility index (Phi) is 7.43. The number of nitrogens with zero attached hydrogens (tertiary/aromatic N) is 3. The summed E-state index contributed by atoms with van der Waals surface area (Å²) in [4.78, 5) is 15.8. The van der Waals surface area contributed by atoms with E-state index in [-0.39, 0.29) is 5.91 Å². The van der Waals surface area contributed by atoms with Crippen LogP contribution in [-0.2, 0) is 4.79 Å². The number of hydrogen-bond donors (Lipinski definition) is 0. The lowest BCUT2D eigenvalue weighted by Crippen LogP contribution is -2.22. The molecule has 3 aromatic rings. The molecule has 0 aromatic heterocycles. The van der Waals surface area contributed by atoms with Gasteiger partial charge in [0.05, 0.1) is 17.0 Å². The van der Waals surface area contributed by atoms with E-state index in [0.717, 1.165) is 39.9 Å². The molecule has 3 aromatic carbocycles. The third kappa shape index (κ3) is 5.05. The smallest absolute Gasteiger partial charge is 0.281 e. The van der Waals surface area contributed by atoms with Crippen molar-refractivity contribution in [3.8, 4) is 0 Å². The van der Waals surface area contributed by atoms with Crippen molar-refractivity contribution in [2.24, 2.45) is 5.10 Å². The summed E-state index contributed by atoms with van der Waals surface area (Å²) in [6.07, 6.45) is 4.08. The highest BCUT2D eigenvalue weighted by atomic mass is 79.9. The van der Waals surface area contributed by atoms with Crippen LogP contribution in [0, 0.1) is 0 Å². The van der Waals surface area contributed by atoms with Crippen molar-refractivity contribution in [2.45, 2.75) is 20.8 Å². The van der Waals surface area contributed by atoms with Gasteiger partial charge < -0.3 is 4.90 Å². The molecule has 0 radical (unpaired) electrons. The van der Waals surface area contributed by atoms with Crippen LogP contribution >= 0.6 is 15.9 Å². The molecule has 0 saturated heterocycles. The maximum absolute atomic E-state index is 13.5. The first-order chi connectivity index (χ1) is 16.5. The molecule has 1 amide bonds. The van der Waals surface area contributed by atoms with Crippen molar-refractivity contribution in [1.82, 2.24) is 0 Å². The largest absolute Gasteiger partial charge is 0.372 e. The third-order valence-electron chi connectivity index (χ3n) is 5.91. The first-order valence-electron chi connectivity index (χ1n) is 11.5. The Balaban J connectivity index is 1.74. The van der Waals surface area contributed by atoms with Crippen molar-refractivity contribution in [3.05, 3.63) is 106 Å². The summed E-state index contributed by atoms with van der Waals surface area (Å²) in [6, 6.07) is 26.1. The highest BCUT2D eigenvalue weighted by Crippen LogP contribution is 2.31. The van der Waals surface area contributed by atoms with Crippen molar-refractivity contribution in [3.63, 3.8) is 0 Å². The number of anilines is 2. The van der Waals surface area contributed by atoms with Gasteiger partial charge in [0.25, 0.3) is 5.91 Å². The van der Waals surface area contributed by atoms with E-state index < -0.39 is 0 Å². The zero-order chi connectivity index (χ0) is 24.1. The van der Waals surface area contributed by atoms with Gasteiger partial charge in [0.1, 0.15) is 0 Å². The van der Waals surface area contributed by atoms with Gasteiger partial charge >= 0.3 is 0 Å². The number of para-hydroxylation sites is 1. The average Bonchev–Trinajstić information content (AvgIpc) is 3.16. The van der Waals surface area contributed by atoms with E-state index in [0.29, 0.717) is 11.3 Å². The molecular weight excluding hydrogens is 486 g/mol. The number of hydrogen-bond acceptors (Lipinski definition) is 3. The maximum atomic E-state index is 13.5. The Morgan fingerprint density at radius 1 is 0.941 bits per heavy atom. The Hall–Kier alpha value is -3.44. The van der Waals surface area contributed by atoms with E-state index in [4.69, 9.17) is 0 Å². The second kappa shape index (κ2) is 10.7. The van der Waals surface area contributed by atoms with Gasteiger partial charge in [0.15, 0.2) is 0 Å². The van der Waals surface area contributed by atoms with Crippen LogP contribution in [0.25, 0.3) is 11.6 Å². The quantitative estimate of drug-likeness (QED) is 0.313. The standard InChI is InChI=1S/C29H28BrN3O/c1-4-32(5-2)25-18-11-22(12-19-25)13-20-27(23-14-16-24(30)17-15-23)28-21(3)31-33(29(28)34)26-9-7-6-8-10-26/h6-20H,4-5H2,1-3H3/b20-13-,28-27+. The molecule has 1 aliphatic rings. The van der Waals surface area contributed by atoms with Crippen molar-refractivity contribution in [1.29, 1.82) is 0 Å². The molecule has 172 valence electrons. The van der Waals surface area contributed by atoms with E-state index in [1.165, 1.54) is 10.7 Å². The second-order valence-electron chi connectivity index (χ2n) is 8.03. The van der Waals surface area contributed by atoms with Gasteiger partial charge in [0.2, 0.25) is 0 Å². The lowest BCUT2D eigenvalue weighted by atomic mass is 9.96. The van der Waals surface area contributed by atoms with Crippen LogP contribution in [0.5, 0.6) is 0 Å². The number of amides is 1. The Bertz CT molecular complexity index is 1240. The van der Waals surface area contributed by atoms with E-state index in [1.54, 1.807) is 0 Å². The van der Waals surface area contributed by atoms with Gasteiger partial charge in [-0.3, -0.25) is 4.79 Å². The molecule has 0 bridgehead atoms. The fourth-order valence-electron chi connectivity index (χ4n) is 4.08. The van der Waals surface area contributed by atoms with Crippen molar-refractivity contribution in [2.75, 3.05) is 23.0 Å². The molecule has 34 heavy (non-hydrogen) atoms. The minimum atomic E-state index is -0.122. The van der Waals surface area contributed by atoms with Crippen LogP contribution in [0.4, 0.5) is 11.4 Å². The SMILES string of the molecule is CCN(CC)c1ccc(/C=C\C(=C2/C(=O)N(c3ccccc3)N=C2C)c2ccc(Br)cc2)cc1. The van der Waals surface area contributed by atoms with Crippen LogP contribution in [0.1, 0.15) is 31.9 Å². The Morgan fingerprint density at radius 2 is 1.59 bits per heavy atom. The molecule has 0 fully saturated rings. The molecule has 5 heteroatoms. The summed E-state index contributed by atoms with van der Waals surface area (Å²) in [5.74, 6) is -0.122. The first-order valence-corrected chi connectivity index (χ1v) is 12.3. The number of hydrazone groups is 1. The van der Waals surface area contributed by atoms with Gasteiger partial charge in [-0.15, -0.1) is 0 Å². The Morgan fingerprint density at radius 3 is 2.21 bits per heavy atom. The highest BCUT2D eigenvalue weighted by Gasteiger charge is 2.31. The second-order valence-corrected chi connectivity index (χ2v) is 8.95. The van der Waals surface area contributed by atoms with Gasteiger partial charge in [-0.25, -0.2) is 0 Å². The van der Waals surface area contributed by atoms with Crippen LogP contribution in [0.3, 0.4) is 0 Å². The van der Waals surface area contributed by atoms with E-state index >= 15 is 0 Å². The average molecular weight is 514 g/mol. The number of allylic oxidation sites excluding steroid dienone is 2. The topological polar surface area (TPSA) is 35.9 Å². The zero-order valence-electron chi connectivity index (χ0n) is 19.7. The van der Waals surface area contributed by atoms with Crippen LogP contribution < -0.4 is 9.91 Å². The highest BCUT2D eigenvalue weighted by molar-refractivity contribution is 9.10. The van der Waals surface area contributed by atoms with E-state index in [1.807, 2.05) is 67.6 Å². The van der Waals surface area contributed by atoms with Gasteiger partial charge in [-0.1, -0.05) is 70.5 Å². The lowest BCUT2D eigenvalue weighted by molar-refractivity contribution is -0.114. The molecule has 0 atom stereocenters. The summed E-state index contributed by atoms with van der Waals surface area (Å²) in [5.41, 5.74) is 6.17. The zero-order valence-corrected chi connectivity index (χ0v) is 21.3. The summed E-state index contributed by atoms with van der Waals surface area (Å²) in [5, 5.41) is 6.07. The Labute approximate surface area is 210 Å². The first kappa shape index (κ1) is 23.7. The van der Waals surface area contributed by atoms with Crippen LogP contribution in [0.2, 0.25) is 0 Å². The number of benzene rings is 3. The molecule has 4 rings (SSSR count). The predicted octanol–water partition coefficient (Wildman–Crippen LogP) is 7.19. The normalized spacial score (nSPS) is 15.1. The lowest BCUT2D eigenvalue weighted by Gasteiger charge is -2.20. The molecular formula is C29H28BrN3O. The minimum Gasteiger partial charge on any atom is -0.372 e. The molecule has 0 saturated carbocycles. The minimum absolute atomic E-state index is 0.122. The summed E-state index contributed by atoms with van der Waals surface area (Å²) >= 11 is 3.51. The monoisotopic (exact) mass is 513 g/mol. The number of rotatable bonds is 7. The molecule has 0 aliphatic carbocycles. The van der Waals surface area contributed by atoms with Gasteiger partial charge in [0, 0.05) is 23.2 Å². The van der Waals surface area contributed by atoms with Crippen molar-refractivity contribution >= 4 is 50.6 Å². The predicted molar refractivity (Wildman–Crippen MR) is 147 cm³/mol. The molecule has 0 spiro atoms. The molecule has 0 unspecified atom stereocenters. The summed E-state index contributed by atoms with van der Waals surface area (Å²) < 4.78 is 0.991. The number of carbonyl (C=O) groups excluding carboxylic acids is 1. The molecule has 4 nitrogen and oxygen atoms in total. The summed E-state index contributed by atoms with van der Waals surface area (Å²) in [7, 11) is 0. The van der Waals surface area contributed by atoms with Crippen LogP contribution in [0.15, 0.2) is 100 Å². The summed E-state index contributed by atoms with van der Waals surface area (Å²) in [6.45, 7) is 8.17.